The monoisotopic (exact) mass is 182 g/mol. The fraction of sp³-hybridized carbons (Fsp3) is 0.400. The molecule has 64 valence electrons. The number of epoxide rings is 1. The van der Waals surface area contributed by atoms with Gasteiger partial charge in [0.15, 0.2) is 0 Å². The van der Waals surface area contributed by atoms with Gasteiger partial charge in [-0.1, -0.05) is 23.7 Å². The van der Waals surface area contributed by atoms with E-state index in [1.54, 1.807) is 0 Å². The first kappa shape index (κ1) is 8.09. The molecule has 1 aromatic carbocycles. The van der Waals surface area contributed by atoms with Gasteiger partial charge in [-0.05, 0) is 24.6 Å². The number of rotatable bonds is 2. The zero-order valence-corrected chi connectivity index (χ0v) is 7.77. The molecule has 1 heterocycles. The van der Waals surface area contributed by atoms with Crippen LogP contribution in [-0.2, 0) is 11.2 Å². The molecule has 1 nitrogen and oxygen atoms in total. The Morgan fingerprint density at radius 1 is 1.58 bits per heavy atom. The van der Waals surface area contributed by atoms with Gasteiger partial charge < -0.3 is 4.74 Å². The van der Waals surface area contributed by atoms with E-state index >= 15 is 0 Å². The highest BCUT2D eigenvalue weighted by Gasteiger charge is 2.38. The Morgan fingerprint density at radius 3 is 2.92 bits per heavy atom. The molecule has 1 atom stereocenters. The van der Waals surface area contributed by atoms with Crippen LogP contribution in [0, 0.1) is 0 Å². The molecule has 0 amide bonds. The van der Waals surface area contributed by atoms with E-state index in [0.717, 1.165) is 18.1 Å². The fourth-order valence-corrected chi connectivity index (χ4v) is 1.52. The van der Waals surface area contributed by atoms with Crippen molar-refractivity contribution >= 4 is 11.6 Å². The molecule has 2 rings (SSSR count). The van der Waals surface area contributed by atoms with Crippen LogP contribution in [0.15, 0.2) is 24.3 Å². The highest BCUT2D eigenvalue weighted by atomic mass is 35.5. The summed E-state index contributed by atoms with van der Waals surface area (Å²) in [6.45, 7) is 2.99. The summed E-state index contributed by atoms with van der Waals surface area (Å²) in [6.07, 6.45) is 0.966. The number of hydrogen-bond donors (Lipinski definition) is 0. The average Bonchev–Trinajstić information content (AvgIpc) is 2.67. The normalized spacial score (nSPS) is 27.2. The van der Waals surface area contributed by atoms with Crippen molar-refractivity contribution in [1.29, 1.82) is 0 Å². The number of hydrogen-bond acceptors (Lipinski definition) is 1. The Labute approximate surface area is 77.3 Å². The summed E-state index contributed by atoms with van der Waals surface area (Å²) >= 11 is 5.85. The molecule has 1 unspecified atom stereocenters. The Morgan fingerprint density at radius 2 is 2.33 bits per heavy atom. The molecule has 0 saturated carbocycles. The van der Waals surface area contributed by atoms with E-state index in [-0.39, 0.29) is 5.60 Å². The maximum Gasteiger partial charge on any atom is 0.0928 e. The minimum Gasteiger partial charge on any atom is -0.370 e. The lowest BCUT2D eigenvalue weighted by atomic mass is 10.0. The zero-order valence-electron chi connectivity index (χ0n) is 7.01. The van der Waals surface area contributed by atoms with Crippen molar-refractivity contribution in [3.63, 3.8) is 0 Å². The predicted molar refractivity (Wildman–Crippen MR) is 49.5 cm³/mol. The van der Waals surface area contributed by atoms with Crippen LogP contribution in [0.2, 0.25) is 5.02 Å². The molecular weight excluding hydrogens is 172 g/mol. The van der Waals surface area contributed by atoms with Gasteiger partial charge in [-0.25, -0.2) is 0 Å². The lowest BCUT2D eigenvalue weighted by Gasteiger charge is -2.04. The van der Waals surface area contributed by atoms with Crippen molar-refractivity contribution in [3.8, 4) is 0 Å². The van der Waals surface area contributed by atoms with Crippen molar-refractivity contribution in [2.24, 2.45) is 0 Å². The van der Waals surface area contributed by atoms with Crippen LogP contribution in [0.4, 0.5) is 0 Å². The zero-order chi connectivity index (χ0) is 8.60. The van der Waals surface area contributed by atoms with Crippen LogP contribution in [0.3, 0.4) is 0 Å². The maximum atomic E-state index is 5.85. The predicted octanol–water partition coefficient (Wildman–Crippen LogP) is 2.67. The summed E-state index contributed by atoms with van der Waals surface area (Å²) in [5.74, 6) is 0. The minimum atomic E-state index is 0.0880. The van der Waals surface area contributed by atoms with E-state index in [1.807, 2.05) is 18.2 Å². The highest BCUT2D eigenvalue weighted by molar-refractivity contribution is 6.30. The second-order valence-electron chi connectivity index (χ2n) is 3.55. The third kappa shape index (κ3) is 1.79. The largest absolute Gasteiger partial charge is 0.370 e. The topological polar surface area (TPSA) is 12.5 Å². The minimum absolute atomic E-state index is 0.0880. The first-order valence-electron chi connectivity index (χ1n) is 4.06. The van der Waals surface area contributed by atoms with Crippen LogP contribution >= 0.6 is 11.6 Å². The van der Waals surface area contributed by atoms with E-state index in [4.69, 9.17) is 16.3 Å². The first-order chi connectivity index (χ1) is 5.68. The Balaban J connectivity index is 2.12. The number of ether oxygens (including phenoxy) is 1. The molecule has 0 bridgehead atoms. The maximum absolute atomic E-state index is 5.85. The van der Waals surface area contributed by atoms with E-state index in [2.05, 4.69) is 13.0 Å². The van der Waals surface area contributed by atoms with Crippen molar-refractivity contribution in [2.75, 3.05) is 6.61 Å². The van der Waals surface area contributed by atoms with Gasteiger partial charge in [0, 0.05) is 11.4 Å². The summed E-state index contributed by atoms with van der Waals surface area (Å²) < 4.78 is 5.30. The van der Waals surface area contributed by atoms with Crippen molar-refractivity contribution < 1.29 is 4.74 Å². The summed E-state index contributed by atoms with van der Waals surface area (Å²) in [4.78, 5) is 0. The summed E-state index contributed by atoms with van der Waals surface area (Å²) in [5.41, 5.74) is 1.34. The Bertz CT molecular complexity index is 292. The average molecular weight is 183 g/mol. The van der Waals surface area contributed by atoms with Crippen LogP contribution in [0.5, 0.6) is 0 Å². The Hall–Kier alpha value is -0.530. The third-order valence-electron chi connectivity index (χ3n) is 2.10. The number of benzene rings is 1. The standard InChI is InChI=1S/C10H11ClO/c1-10(7-12-10)6-8-3-2-4-9(11)5-8/h2-5H,6-7H2,1H3. The summed E-state index contributed by atoms with van der Waals surface area (Å²) in [7, 11) is 0. The van der Waals surface area contributed by atoms with Crippen LogP contribution in [0.1, 0.15) is 12.5 Å². The second kappa shape index (κ2) is 2.75. The van der Waals surface area contributed by atoms with Gasteiger partial charge in [0.05, 0.1) is 12.2 Å². The molecule has 1 fully saturated rings. The molecule has 0 radical (unpaired) electrons. The third-order valence-corrected chi connectivity index (χ3v) is 2.34. The van der Waals surface area contributed by atoms with Gasteiger partial charge in [-0.15, -0.1) is 0 Å². The van der Waals surface area contributed by atoms with Gasteiger partial charge >= 0.3 is 0 Å². The smallest absolute Gasteiger partial charge is 0.0928 e. The van der Waals surface area contributed by atoms with E-state index < -0.39 is 0 Å². The van der Waals surface area contributed by atoms with Gasteiger partial charge in [0.2, 0.25) is 0 Å². The van der Waals surface area contributed by atoms with Crippen LogP contribution < -0.4 is 0 Å². The SMILES string of the molecule is CC1(Cc2cccc(Cl)c2)CO1. The highest BCUT2D eigenvalue weighted by Crippen LogP contribution is 2.30. The first-order valence-corrected chi connectivity index (χ1v) is 4.44. The quantitative estimate of drug-likeness (QED) is 0.641. The molecule has 2 heteroatoms. The lowest BCUT2D eigenvalue weighted by molar-refractivity contribution is 0.322. The van der Waals surface area contributed by atoms with Crippen molar-refractivity contribution in [2.45, 2.75) is 18.9 Å². The van der Waals surface area contributed by atoms with E-state index in [9.17, 15) is 0 Å². The Kier molecular flexibility index (Phi) is 1.85. The summed E-state index contributed by atoms with van der Waals surface area (Å²) in [5, 5.41) is 0.803. The van der Waals surface area contributed by atoms with Gasteiger partial charge in [-0.3, -0.25) is 0 Å². The van der Waals surface area contributed by atoms with Gasteiger partial charge in [0.25, 0.3) is 0 Å². The van der Waals surface area contributed by atoms with Crippen molar-refractivity contribution in [3.05, 3.63) is 34.9 Å². The van der Waals surface area contributed by atoms with E-state index in [0.29, 0.717) is 0 Å². The molecule has 0 spiro atoms. The molecule has 1 saturated heterocycles. The molecule has 1 aliphatic heterocycles. The molecular formula is C10H11ClO. The van der Waals surface area contributed by atoms with Crippen LogP contribution in [-0.4, -0.2) is 12.2 Å². The molecule has 1 aliphatic rings. The fourth-order valence-electron chi connectivity index (χ4n) is 1.30. The molecule has 0 aromatic heterocycles. The van der Waals surface area contributed by atoms with Crippen LogP contribution in [0.25, 0.3) is 0 Å². The molecule has 0 aliphatic carbocycles. The lowest BCUT2D eigenvalue weighted by Crippen LogP contribution is -2.08. The molecule has 12 heavy (non-hydrogen) atoms. The molecule has 0 N–H and O–H groups in total. The van der Waals surface area contributed by atoms with Crippen molar-refractivity contribution in [1.82, 2.24) is 0 Å². The second-order valence-corrected chi connectivity index (χ2v) is 3.98. The summed E-state index contributed by atoms with van der Waals surface area (Å²) in [6, 6.07) is 7.94. The van der Waals surface area contributed by atoms with Gasteiger partial charge in [0.1, 0.15) is 0 Å². The van der Waals surface area contributed by atoms with Gasteiger partial charge in [-0.2, -0.15) is 0 Å². The molecule has 1 aromatic rings. The number of halogens is 1. The van der Waals surface area contributed by atoms with E-state index in [1.165, 1.54) is 5.56 Å².